The first-order valence-corrected chi connectivity index (χ1v) is 50.5. The molecule has 140 heavy (non-hydrogen) atoms. The van der Waals surface area contributed by atoms with E-state index in [1.165, 1.54) is 234 Å². The number of fused-ring (bicyclic) bond motifs is 18. The van der Waals surface area contributed by atoms with Crippen LogP contribution in [0, 0.1) is 12.7 Å². The van der Waals surface area contributed by atoms with Crippen LogP contribution in [0.1, 0.15) is 72.3 Å². The van der Waals surface area contributed by atoms with Crippen molar-refractivity contribution in [2.45, 2.75) is 52.5 Å². The Labute approximate surface area is 828 Å². The molecule has 660 valence electrons. The van der Waals surface area contributed by atoms with Gasteiger partial charge in [-0.05, 0) is 254 Å². The molecule has 24 aromatic carbocycles. The Balaban J connectivity index is 0.000000111. The van der Waals surface area contributed by atoms with E-state index in [1.54, 1.807) is 0 Å². The zero-order valence-electron chi connectivity index (χ0n) is 76.9. The van der Waals surface area contributed by atoms with Crippen molar-refractivity contribution in [2.24, 2.45) is 0 Å². The molecule has 3 aliphatic rings. The molecule has 0 radical (unpaired) electrons. The highest BCUT2D eigenvalue weighted by atomic mass is 32.2. The molecule has 0 unspecified atom stereocenters. The van der Waals surface area contributed by atoms with E-state index in [9.17, 15) is 4.39 Å². The summed E-state index contributed by atoms with van der Waals surface area (Å²) in [6.45, 7) is 2.14. The van der Waals surface area contributed by atoms with Crippen LogP contribution in [0.5, 0.6) is 0 Å². The third-order valence-electron chi connectivity index (χ3n) is 29.2. The first-order valence-electron chi connectivity index (χ1n) is 48.1. The Hall–Kier alpha value is -16.2. The minimum atomic E-state index is -0.617. The molecule has 0 nitrogen and oxygen atoms in total. The van der Waals surface area contributed by atoms with Gasteiger partial charge in [-0.15, -0.1) is 0 Å². The predicted molar refractivity (Wildman–Crippen MR) is 589 cm³/mol. The molecule has 0 amide bonds. The van der Waals surface area contributed by atoms with Crippen molar-refractivity contribution in [1.82, 2.24) is 0 Å². The summed E-state index contributed by atoms with van der Waals surface area (Å²) >= 11 is 5.68. The normalized spacial score (nSPS) is 13.3. The number of hydrogen-bond donors (Lipinski definition) is 0. The van der Waals surface area contributed by atoms with Gasteiger partial charge in [-0.2, -0.15) is 0 Å². The van der Waals surface area contributed by atoms with Crippen molar-refractivity contribution in [2.75, 3.05) is 0 Å². The minimum Gasteiger partial charge on any atom is -0.207 e. The molecular weight excluding hydrogens is 1750 g/mol. The quantitative estimate of drug-likeness (QED) is 0.120. The van der Waals surface area contributed by atoms with Gasteiger partial charge in [-0.1, -0.05) is 526 Å². The second-order valence-corrected chi connectivity index (χ2v) is 40.1. The van der Waals surface area contributed by atoms with Gasteiger partial charge in [0.25, 0.3) is 0 Å². The molecule has 0 aliphatic carbocycles. The summed E-state index contributed by atoms with van der Waals surface area (Å²) in [7, 11) is 0. The van der Waals surface area contributed by atoms with Crippen LogP contribution in [0.2, 0.25) is 0 Å². The second-order valence-electron chi connectivity index (χ2n) is 36.8. The molecule has 0 fully saturated rings. The van der Waals surface area contributed by atoms with E-state index in [0.29, 0.717) is 0 Å². The largest absolute Gasteiger partial charge is 0.207 e. The summed E-state index contributed by atoms with van der Waals surface area (Å²) in [4.78, 5) is 7.77. The fraction of sp³-hybridized carbons (Fsp3) is 0.0294. The Morgan fingerprint density at radius 3 is 0.514 bits per heavy atom. The Morgan fingerprint density at radius 1 is 0.143 bits per heavy atom. The Bertz CT molecular complexity index is 8210. The predicted octanol–water partition coefficient (Wildman–Crippen LogP) is 37.0. The molecule has 3 aliphatic heterocycles. The Morgan fingerprint density at radius 2 is 0.300 bits per heavy atom. The molecule has 0 saturated carbocycles. The van der Waals surface area contributed by atoms with Gasteiger partial charge in [0.05, 0.1) is 16.2 Å². The first-order chi connectivity index (χ1) is 69.2. The average Bonchev–Trinajstić information content (AvgIpc) is 0.692. The van der Waals surface area contributed by atoms with Gasteiger partial charge in [0.2, 0.25) is 0 Å². The highest BCUT2D eigenvalue weighted by Crippen LogP contribution is 2.64. The monoisotopic (exact) mass is 1840 g/mol. The molecule has 27 rings (SSSR count). The van der Waals surface area contributed by atoms with Crippen molar-refractivity contribution in [1.29, 1.82) is 0 Å². The molecule has 0 spiro atoms. The van der Waals surface area contributed by atoms with Crippen LogP contribution < -0.4 is 0 Å². The summed E-state index contributed by atoms with van der Waals surface area (Å²) in [5.41, 5.74) is 29.5. The van der Waals surface area contributed by atoms with Gasteiger partial charge in [-0.3, -0.25) is 0 Å². The number of hydrogen-bond acceptors (Lipinski definition) is 3. The second kappa shape index (κ2) is 36.1. The summed E-state index contributed by atoms with van der Waals surface area (Å²) in [5.74, 6) is -0.227. The third kappa shape index (κ3) is 14.7. The smallest absolute Gasteiger partial charge is 0.123 e. The van der Waals surface area contributed by atoms with E-state index in [-0.39, 0.29) is 5.82 Å². The number of halogens is 1. The van der Waals surface area contributed by atoms with Crippen LogP contribution in [0.3, 0.4) is 0 Å². The zero-order chi connectivity index (χ0) is 93.3. The maximum absolute atomic E-state index is 13.8. The molecular formula is C136H91FS3. The van der Waals surface area contributed by atoms with Gasteiger partial charge >= 0.3 is 0 Å². The number of aryl methyl sites for hydroxylation is 1. The fourth-order valence-corrected chi connectivity index (χ4v) is 26.4. The van der Waals surface area contributed by atoms with Crippen molar-refractivity contribution in [3.8, 4) is 66.8 Å². The van der Waals surface area contributed by atoms with E-state index in [1.807, 2.05) is 47.4 Å². The van der Waals surface area contributed by atoms with E-state index >= 15 is 0 Å². The molecule has 3 heterocycles. The lowest BCUT2D eigenvalue weighted by atomic mass is 9.62. The molecule has 0 bridgehead atoms. The highest BCUT2D eigenvalue weighted by Gasteiger charge is 2.50. The van der Waals surface area contributed by atoms with Crippen LogP contribution in [0.25, 0.3) is 131 Å². The first kappa shape index (κ1) is 85.5. The van der Waals surface area contributed by atoms with Crippen molar-refractivity contribution < 1.29 is 4.39 Å². The fourth-order valence-electron chi connectivity index (χ4n) is 22.7. The Kier molecular flexibility index (Phi) is 22.0. The van der Waals surface area contributed by atoms with E-state index < -0.39 is 16.2 Å². The van der Waals surface area contributed by atoms with E-state index in [4.69, 9.17) is 0 Å². The van der Waals surface area contributed by atoms with Gasteiger partial charge in [0.1, 0.15) is 5.82 Å². The van der Waals surface area contributed by atoms with Crippen molar-refractivity contribution in [3.05, 3.63) is 612 Å². The molecule has 24 aromatic rings. The maximum atomic E-state index is 13.8. The van der Waals surface area contributed by atoms with E-state index in [2.05, 4.69) is 516 Å². The van der Waals surface area contributed by atoms with Crippen LogP contribution in [0.4, 0.5) is 4.39 Å². The zero-order valence-corrected chi connectivity index (χ0v) is 79.4. The third-order valence-corrected chi connectivity index (χ3v) is 32.5. The van der Waals surface area contributed by atoms with E-state index in [0.717, 1.165) is 11.1 Å². The number of rotatable bonds is 12. The van der Waals surface area contributed by atoms with Crippen LogP contribution in [-0.4, -0.2) is 0 Å². The lowest BCUT2D eigenvalue weighted by molar-refractivity contribution is 0.628. The van der Waals surface area contributed by atoms with Crippen molar-refractivity contribution >= 4 is 99.9 Å². The minimum absolute atomic E-state index is 0.227. The molecule has 4 heteroatoms. The topological polar surface area (TPSA) is 0 Å². The van der Waals surface area contributed by atoms with Crippen molar-refractivity contribution in [3.63, 3.8) is 0 Å². The maximum Gasteiger partial charge on any atom is 0.123 e. The lowest BCUT2D eigenvalue weighted by Gasteiger charge is -2.43. The van der Waals surface area contributed by atoms with Crippen LogP contribution in [-0.2, 0) is 16.2 Å². The highest BCUT2D eigenvalue weighted by molar-refractivity contribution is 8.00. The summed E-state index contributed by atoms with van der Waals surface area (Å²) in [5, 5.41) is 15.2. The molecule has 0 atom stereocenters. The average molecular weight is 1840 g/mol. The molecule has 0 aromatic heterocycles. The summed E-state index contributed by atoms with van der Waals surface area (Å²) in [6.07, 6.45) is 0. The van der Waals surface area contributed by atoms with Gasteiger partial charge in [0, 0.05) is 29.4 Å². The SMILES string of the molecule is Cc1ccc(-c2ccc(C3(c4ccc(-c5ccccc5)cc4)c4c(ccc5ccccc45)Sc4ccc5ccccc5c43)cc2)cc1.Fc1ccc(-c2ccc(C3(c4ccc(-c5ccccc5)cc4)c4c(ccc5ccccc45)Sc4ccc5ccccc5c43)cc2)cc1.c1ccc(-c2ccc(-c3ccc(C4(c5ccccc5)c5c(ccc6ccccc56)Sc5ccc6ccccc6c54)cc3)cc2)cc1. The summed E-state index contributed by atoms with van der Waals surface area (Å²) in [6, 6.07) is 195. The van der Waals surface area contributed by atoms with Gasteiger partial charge in [-0.25, -0.2) is 4.39 Å². The van der Waals surface area contributed by atoms with Crippen LogP contribution >= 0.6 is 35.3 Å². The van der Waals surface area contributed by atoms with Gasteiger partial charge in [0.15, 0.2) is 0 Å². The summed E-state index contributed by atoms with van der Waals surface area (Å²) < 4.78 is 13.8. The standard InChI is InChI=1S/C46H32S.C45H29FS.C45H30S/c1-31-15-17-33(18-16-31)35-21-27-39(28-22-35)46(38-25-19-34(20-26-38)32-9-3-2-4-10-32)44-40-13-7-5-11-36(40)23-29-42(44)47-43-30-24-37-12-6-8-14-41(37)45(43)46;46-38-26-18-33(19-27-38)32-16-24-37(25-17-32)45(36-22-14-31(15-23-36)30-8-2-1-3-9-30)43-39-12-6-4-10-34(39)20-28-41(43)47-42-29-21-35-11-5-7-13-40(35)44(42)45;1-3-11-31(12-4-1)32-19-21-33(22-20-32)34-23-27-38(28-24-34)45(37-15-5-2-6-16-37)43-39-17-9-7-13-35(39)25-29-41(43)46-42-30-26-36-14-8-10-18-40(36)44(42)45/h2-30H,1H3;1-29H;1-30H. The molecule has 0 N–H and O–H groups in total. The lowest BCUT2D eigenvalue weighted by Crippen LogP contribution is -2.34. The number of benzene rings is 24. The van der Waals surface area contributed by atoms with Crippen LogP contribution in [0.15, 0.2) is 563 Å². The molecule has 0 saturated heterocycles. The van der Waals surface area contributed by atoms with Gasteiger partial charge < -0.3 is 0 Å².